The van der Waals surface area contributed by atoms with Gasteiger partial charge < -0.3 is 10.1 Å². The van der Waals surface area contributed by atoms with Gasteiger partial charge in [0, 0.05) is 11.4 Å². The van der Waals surface area contributed by atoms with Crippen LogP contribution in [-0.2, 0) is 9.53 Å². The van der Waals surface area contributed by atoms with E-state index in [1.165, 1.54) is 6.08 Å². The number of allylic oxidation sites excluding steroid dienone is 2. The molecule has 0 aliphatic heterocycles. The van der Waals surface area contributed by atoms with Crippen LogP contribution in [0.3, 0.4) is 0 Å². The summed E-state index contributed by atoms with van der Waals surface area (Å²) in [6.45, 7) is 1.93. The summed E-state index contributed by atoms with van der Waals surface area (Å²) in [6, 6.07) is 21.2. The first-order chi connectivity index (χ1) is 11.7. The largest absolute Gasteiger partial charge is 0.462 e. The topological polar surface area (TPSA) is 62.1 Å². The molecule has 4 nitrogen and oxygen atoms in total. The second-order valence-electron chi connectivity index (χ2n) is 4.85. The molecule has 4 heteroatoms. The quantitative estimate of drug-likeness (QED) is 0.376. The SMILES string of the molecule is CCOC(=O)C(C#N)=CC=C(Nc1ccccc1)c1ccccc1. The van der Waals surface area contributed by atoms with Crippen molar-refractivity contribution in [3.63, 3.8) is 0 Å². The predicted molar refractivity (Wildman–Crippen MR) is 94.8 cm³/mol. The Morgan fingerprint density at radius 3 is 2.29 bits per heavy atom. The van der Waals surface area contributed by atoms with Crippen LogP contribution in [0.2, 0.25) is 0 Å². The van der Waals surface area contributed by atoms with Gasteiger partial charge in [-0.2, -0.15) is 5.26 Å². The molecule has 0 spiro atoms. The second kappa shape index (κ2) is 8.96. The van der Waals surface area contributed by atoms with Crippen molar-refractivity contribution in [2.45, 2.75) is 6.92 Å². The molecule has 2 aromatic carbocycles. The number of nitriles is 1. The molecule has 0 heterocycles. The normalized spacial score (nSPS) is 11.5. The van der Waals surface area contributed by atoms with Gasteiger partial charge in [0.2, 0.25) is 0 Å². The zero-order valence-electron chi connectivity index (χ0n) is 13.4. The van der Waals surface area contributed by atoms with Gasteiger partial charge in [-0.05, 0) is 36.8 Å². The molecule has 0 saturated heterocycles. The Kier molecular flexibility index (Phi) is 6.36. The van der Waals surface area contributed by atoms with Gasteiger partial charge in [0.1, 0.15) is 11.6 Å². The van der Waals surface area contributed by atoms with Gasteiger partial charge in [0.25, 0.3) is 0 Å². The molecule has 0 unspecified atom stereocenters. The average molecular weight is 318 g/mol. The molecular formula is C20H18N2O2. The number of hydrogen-bond donors (Lipinski definition) is 1. The number of nitrogens with one attached hydrogen (secondary N) is 1. The van der Waals surface area contributed by atoms with Gasteiger partial charge >= 0.3 is 5.97 Å². The van der Waals surface area contributed by atoms with Crippen molar-refractivity contribution in [1.82, 2.24) is 0 Å². The number of rotatable bonds is 6. The third kappa shape index (κ3) is 4.85. The fourth-order valence-electron chi connectivity index (χ4n) is 2.03. The fraction of sp³-hybridized carbons (Fsp3) is 0.100. The van der Waals surface area contributed by atoms with E-state index in [2.05, 4.69) is 5.32 Å². The molecule has 0 bridgehead atoms. The monoisotopic (exact) mass is 318 g/mol. The van der Waals surface area contributed by atoms with E-state index < -0.39 is 5.97 Å². The minimum absolute atomic E-state index is 0.0415. The molecule has 0 amide bonds. The van der Waals surface area contributed by atoms with Crippen molar-refractivity contribution in [2.75, 3.05) is 11.9 Å². The van der Waals surface area contributed by atoms with Crippen molar-refractivity contribution in [3.05, 3.63) is 84.0 Å². The van der Waals surface area contributed by atoms with Gasteiger partial charge in [-0.25, -0.2) is 4.79 Å². The molecule has 0 saturated carbocycles. The first-order valence-electron chi connectivity index (χ1n) is 7.61. The summed E-state index contributed by atoms with van der Waals surface area (Å²) in [6.07, 6.45) is 3.17. The van der Waals surface area contributed by atoms with E-state index in [4.69, 9.17) is 10.00 Å². The van der Waals surface area contributed by atoms with Gasteiger partial charge in [-0.3, -0.25) is 0 Å². The van der Waals surface area contributed by atoms with Crippen molar-refractivity contribution in [2.24, 2.45) is 0 Å². The number of carbonyl (C=O) groups excluding carboxylic acids is 1. The number of ether oxygens (including phenoxy) is 1. The molecule has 2 aromatic rings. The van der Waals surface area contributed by atoms with Crippen molar-refractivity contribution < 1.29 is 9.53 Å². The summed E-state index contributed by atoms with van der Waals surface area (Å²) in [5, 5.41) is 12.4. The first-order valence-corrected chi connectivity index (χ1v) is 7.61. The van der Waals surface area contributed by atoms with Gasteiger partial charge in [0.05, 0.1) is 6.61 Å². The van der Waals surface area contributed by atoms with Crippen molar-refractivity contribution in [1.29, 1.82) is 5.26 Å². The van der Waals surface area contributed by atoms with E-state index in [0.29, 0.717) is 0 Å². The van der Waals surface area contributed by atoms with Gasteiger partial charge in [-0.1, -0.05) is 48.5 Å². The Morgan fingerprint density at radius 1 is 1.08 bits per heavy atom. The number of anilines is 1. The minimum atomic E-state index is -0.622. The Hall–Kier alpha value is -3.32. The van der Waals surface area contributed by atoms with Crippen LogP contribution in [0.4, 0.5) is 5.69 Å². The number of esters is 1. The zero-order chi connectivity index (χ0) is 17.2. The lowest BCUT2D eigenvalue weighted by molar-refractivity contribution is -0.138. The predicted octanol–water partition coefficient (Wildman–Crippen LogP) is 4.15. The third-order valence-corrected chi connectivity index (χ3v) is 3.17. The number of nitrogens with zero attached hydrogens (tertiary/aromatic N) is 1. The Morgan fingerprint density at radius 2 is 1.71 bits per heavy atom. The van der Waals surface area contributed by atoms with Gasteiger partial charge in [-0.15, -0.1) is 0 Å². The maximum atomic E-state index is 11.7. The summed E-state index contributed by atoms with van der Waals surface area (Å²) in [4.78, 5) is 11.7. The lowest BCUT2D eigenvalue weighted by atomic mass is 10.1. The first kappa shape index (κ1) is 17.0. The highest BCUT2D eigenvalue weighted by Crippen LogP contribution is 2.18. The molecule has 0 aliphatic rings. The highest BCUT2D eigenvalue weighted by molar-refractivity contribution is 5.93. The molecule has 24 heavy (non-hydrogen) atoms. The van der Waals surface area contributed by atoms with Crippen LogP contribution in [-0.4, -0.2) is 12.6 Å². The van der Waals surface area contributed by atoms with Gasteiger partial charge in [0.15, 0.2) is 0 Å². The minimum Gasteiger partial charge on any atom is -0.462 e. The van der Waals surface area contributed by atoms with E-state index in [1.54, 1.807) is 13.0 Å². The Balaban J connectivity index is 2.35. The maximum Gasteiger partial charge on any atom is 0.348 e. The molecular weight excluding hydrogens is 300 g/mol. The summed E-state index contributed by atoms with van der Waals surface area (Å²) >= 11 is 0. The summed E-state index contributed by atoms with van der Waals surface area (Å²) < 4.78 is 4.87. The van der Waals surface area contributed by atoms with Crippen molar-refractivity contribution in [3.8, 4) is 6.07 Å². The molecule has 2 rings (SSSR count). The molecule has 0 aromatic heterocycles. The lowest BCUT2D eigenvalue weighted by Crippen LogP contribution is -2.06. The molecule has 0 atom stereocenters. The summed E-state index contributed by atoms with van der Waals surface area (Å²) in [7, 11) is 0. The van der Waals surface area contributed by atoms with Crippen LogP contribution >= 0.6 is 0 Å². The number of benzene rings is 2. The van der Waals surface area contributed by atoms with E-state index >= 15 is 0 Å². The van der Waals surface area contributed by atoms with Crippen LogP contribution in [0, 0.1) is 11.3 Å². The van der Waals surface area contributed by atoms with Crippen LogP contribution < -0.4 is 5.32 Å². The maximum absolute atomic E-state index is 11.7. The smallest absolute Gasteiger partial charge is 0.348 e. The fourth-order valence-corrected chi connectivity index (χ4v) is 2.03. The number of para-hydroxylation sites is 1. The highest BCUT2D eigenvalue weighted by Gasteiger charge is 2.09. The molecule has 0 aliphatic carbocycles. The van der Waals surface area contributed by atoms with Crippen LogP contribution in [0.5, 0.6) is 0 Å². The summed E-state index contributed by atoms with van der Waals surface area (Å²) in [5.74, 6) is -0.622. The van der Waals surface area contributed by atoms with Crippen LogP contribution in [0.1, 0.15) is 12.5 Å². The number of carbonyl (C=O) groups is 1. The van der Waals surface area contributed by atoms with Crippen molar-refractivity contribution >= 4 is 17.4 Å². The lowest BCUT2D eigenvalue weighted by Gasteiger charge is -2.11. The molecule has 1 N–H and O–H groups in total. The Bertz CT molecular complexity index is 772. The number of hydrogen-bond acceptors (Lipinski definition) is 4. The third-order valence-electron chi connectivity index (χ3n) is 3.17. The standard InChI is InChI=1S/C20H18N2O2/c1-2-24-20(23)17(15-21)13-14-19(16-9-5-3-6-10-16)22-18-11-7-4-8-12-18/h3-14,22H,2H2,1H3. The van der Waals surface area contributed by atoms with E-state index in [1.807, 2.05) is 66.7 Å². The van der Waals surface area contributed by atoms with Crippen LogP contribution in [0.15, 0.2) is 78.4 Å². The molecule has 0 fully saturated rings. The molecule has 120 valence electrons. The van der Waals surface area contributed by atoms with E-state index in [9.17, 15) is 4.79 Å². The van der Waals surface area contributed by atoms with E-state index in [0.717, 1.165) is 16.9 Å². The highest BCUT2D eigenvalue weighted by atomic mass is 16.5. The average Bonchev–Trinajstić information content (AvgIpc) is 2.63. The molecule has 0 radical (unpaired) electrons. The van der Waals surface area contributed by atoms with Crippen LogP contribution in [0.25, 0.3) is 5.70 Å². The zero-order valence-corrected chi connectivity index (χ0v) is 13.4. The van der Waals surface area contributed by atoms with E-state index in [-0.39, 0.29) is 12.2 Å². The second-order valence-corrected chi connectivity index (χ2v) is 4.85. The summed E-state index contributed by atoms with van der Waals surface area (Å²) in [5.41, 5.74) is 2.59. The Labute approximate surface area is 141 Å².